The number of hydrogen-bond acceptors (Lipinski definition) is 2. The van der Waals surface area contributed by atoms with Gasteiger partial charge < -0.3 is 0 Å². The van der Waals surface area contributed by atoms with Crippen LogP contribution in [-0.4, -0.2) is 0 Å². The molecule has 0 saturated carbocycles. The second-order valence-corrected chi connectivity index (χ2v) is 4.94. The lowest BCUT2D eigenvalue weighted by Crippen LogP contribution is -2.02. The highest BCUT2D eigenvalue weighted by atomic mass is 32.1. The molecule has 1 heterocycles. The first kappa shape index (κ1) is 10.2. The van der Waals surface area contributed by atoms with Crippen molar-refractivity contribution in [1.29, 1.82) is 0 Å². The minimum Gasteiger partial charge on any atom is -0.288 e. The molecule has 0 atom stereocenters. The van der Waals surface area contributed by atoms with Gasteiger partial charge in [-0.1, -0.05) is 36.9 Å². The maximum Gasteiger partial charge on any atom is 0.196 e. The van der Waals surface area contributed by atoms with Gasteiger partial charge >= 0.3 is 0 Å². The summed E-state index contributed by atoms with van der Waals surface area (Å²) >= 11 is 1.65. The second kappa shape index (κ2) is 3.82. The van der Waals surface area contributed by atoms with E-state index in [1.165, 1.54) is 0 Å². The summed E-state index contributed by atoms with van der Waals surface area (Å²) in [5.74, 6) is 0. The fraction of sp³-hybridized carbons (Fsp3) is 0. The molecule has 0 saturated heterocycles. The fourth-order valence-electron chi connectivity index (χ4n) is 2.04. The molecule has 2 heteroatoms. The molecule has 0 radical (unpaired) electrons. The zero-order chi connectivity index (χ0) is 11.8. The van der Waals surface area contributed by atoms with Crippen LogP contribution in [0, 0.1) is 0 Å². The molecule has 3 aromatic rings. The maximum atomic E-state index is 12.4. The predicted molar refractivity (Wildman–Crippen MR) is 75.7 cm³/mol. The summed E-state index contributed by atoms with van der Waals surface area (Å²) < 4.78 is 2.05. The Morgan fingerprint density at radius 2 is 1.76 bits per heavy atom. The van der Waals surface area contributed by atoms with Crippen molar-refractivity contribution in [3.63, 3.8) is 0 Å². The van der Waals surface area contributed by atoms with Crippen molar-refractivity contribution >= 4 is 37.6 Å². The van der Waals surface area contributed by atoms with Gasteiger partial charge in [0.1, 0.15) is 0 Å². The number of rotatable bonds is 1. The third-order valence-electron chi connectivity index (χ3n) is 2.86. The van der Waals surface area contributed by atoms with E-state index in [0.717, 1.165) is 25.7 Å². The van der Waals surface area contributed by atoms with Crippen LogP contribution >= 0.6 is 11.3 Å². The second-order valence-electron chi connectivity index (χ2n) is 3.85. The van der Waals surface area contributed by atoms with Gasteiger partial charge in [0, 0.05) is 20.2 Å². The van der Waals surface area contributed by atoms with Crippen LogP contribution in [0.2, 0.25) is 0 Å². The van der Waals surface area contributed by atoms with Gasteiger partial charge in [0.15, 0.2) is 5.43 Å². The van der Waals surface area contributed by atoms with Crippen LogP contribution in [0.25, 0.3) is 26.2 Å². The largest absolute Gasteiger partial charge is 0.288 e. The van der Waals surface area contributed by atoms with E-state index in [1.54, 1.807) is 17.4 Å². The number of hydrogen-bond donors (Lipinski definition) is 0. The minimum atomic E-state index is 0.102. The molecule has 0 spiro atoms. The molecule has 0 bridgehead atoms. The van der Waals surface area contributed by atoms with Crippen molar-refractivity contribution in [3.05, 3.63) is 64.8 Å². The molecule has 1 nitrogen and oxygen atoms in total. The number of benzene rings is 2. The monoisotopic (exact) mass is 238 g/mol. The van der Waals surface area contributed by atoms with E-state index in [1.807, 2.05) is 42.5 Å². The topological polar surface area (TPSA) is 17.1 Å². The SMILES string of the molecule is C=Cc1cccc2sc3ccccc3c(=O)c12. The van der Waals surface area contributed by atoms with E-state index >= 15 is 0 Å². The van der Waals surface area contributed by atoms with Gasteiger partial charge in [-0.25, -0.2) is 0 Å². The van der Waals surface area contributed by atoms with Crippen LogP contribution in [0.5, 0.6) is 0 Å². The van der Waals surface area contributed by atoms with Crippen molar-refractivity contribution < 1.29 is 0 Å². The first-order valence-electron chi connectivity index (χ1n) is 5.38. The Kier molecular flexibility index (Phi) is 2.30. The lowest BCUT2D eigenvalue weighted by molar-refractivity contribution is 1.72. The Balaban J connectivity index is 2.65. The lowest BCUT2D eigenvalue weighted by Gasteiger charge is -2.03. The molecular weight excluding hydrogens is 228 g/mol. The highest BCUT2D eigenvalue weighted by Crippen LogP contribution is 2.26. The molecule has 82 valence electrons. The Labute approximate surface area is 103 Å². The predicted octanol–water partition coefficient (Wildman–Crippen LogP) is 4.06. The van der Waals surface area contributed by atoms with Crippen LogP contribution in [0.1, 0.15) is 5.56 Å². The van der Waals surface area contributed by atoms with Crippen molar-refractivity contribution in [2.75, 3.05) is 0 Å². The summed E-state index contributed by atoms with van der Waals surface area (Å²) in [6.45, 7) is 3.77. The van der Waals surface area contributed by atoms with Crippen LogP contribution in [0.3, 0.4) is 0 Å². The van der Waals surface area contributed by atoms with Crippen LogP contribution in [0.15, 0.2) is 53.8 Å². The van der Waals surface area contributed by atoms with Crippen LogP contribution in [-0.2, 0) is 0 Å². The quantitative estimate of drug-likeness (QED) is 0.584. The third-order valence-corrected chi connectivity index (χ3v) is 3.99. The summed E-state index contributed by atoms with van der Waals surface area (Å²) in [5.41, 5.74) is 1.01. The standard InChI is InChI=1S/C15H10OS/c1-2-10-6-5-9-13-14(10)15(16)11-7-3-4-8-12(11)17-13/h2-9H,1H2. The molecule has 0 N–H and O–H groups in total. The van der Waals surface area contributed by atoms with E-state index in [9.17, 15) is 4.79 Å². The summed E-state index contributed by atoms with van der Waals surface area (Å²) in [5, 5.41) is 1.57. The van der Waals surface area contributed by atoms with E-state index in [-0.39, 0.29) is 5.43 Å². The minimum absolute atomic E-state index is 0.102. The smallest absolute Gasteiger partial charge is 0.196 e. The molecule has 1 aromatic heterocycles. The number of fused-ring (bicyclic) bond motifs is 2. The molecule has 0 aliphatic carbocycles. The third kappa shape index (κ3) is 1.49. The first-order valence-corrected chi connectivity index (χ1v) is 6.20. The first-order chi connectivity index (χ1) is 8.31. The van der Waals surface area contributed by atoms with Gasteiger partial charge in [-0.3, -0.25) is 4.79 Å². The van der Waals surface area contributed by atoms with Gasteiger partial charge in [0.2, 0.25) is 0 Å². The van der Waals surface area contributed by atoms with Gasteiger partial charge in [0.25, 0.3) is 0 Å². The normalized spacial score (nSPS) is 10.8. The highest BCUT2D eigenvalue weighted by molar-refractivity contribution is 7.24. The van der Waals surface area contributed by atoms with E-state index in [0.29, 0.717) is 0 Å². The molecule has 0 aliphatic rings. The van der Waals surface area contributed by atoms with Crippen LogP contribution in [0.4, 0.5) is 0 Å². The van der Waals surface area contributed by atoms with E-state index in [2.05, 4.69) is 6.58 Å². The van der Waals surface area contributed by atoms with Crippen molar-refractivity contribution in [2.45, 2.75) is 0 Å². The molecule has 0 aliphatic heterocycles. The summed E-state index contributed by atoms with van der Waals surface area (Å²) in [4.78, 5) is 12.4. The van der Waals surface area contributed by atoms with Gasteiger partial charge in [0.05, 0.1) is 0 Å². The maximum absolute atomic E-state index is 12.4. The Hall–Kier alpha value is -1.93. The Morgan fingerprint density at radius 3 is 2.59 bits per heavy atom. The van der Waals surface area contributed by atoms with Gasteiger partial charge in [-0.05, 0) is 23.8 Å². The average molecular weight is 238 g/mol. The molecule has 2 aromatic carbocycles. The fourth-order valence-corrected chi connectivity index (χ4v) is 3.16. The molecule has 17 heavy (non-hydrogen) atoms. The molecule has 0 amide bonds. The van der Waals surface area contributed by atoms with E-state index in [4.69, 9.17) is 0 Å². The van der Waals surface area contributed by atoms with Crippen molar-refractivity contribution in [2.24, 2.45) is 0 Å². The molecule has 0 unspecified atom stereocenters. The average Bonchev–Trinajstić information content (AvgIpc) is 2.38. The van der Waals surface area contributed by atoms with Gasteiger partial charge in [-0.15, -0.1) is 11.3 Å². The molecule has 3 rings (SSSR count). The summed E-state index contributed by atoms with van der Waals surface area (Å²) in [6, 6.07) is 13.6. The Morgan fingerprint density at radius 1 is 1.00 bits per heavy atom. The lowest BCUT2D eigenvalue weighted by atomic mass is 10.1. The molecular formula is C15H10OS. The summed E-state index contributed by atoms with van der Waals surface area (Å²) in [7, 11) is 0. The van der Waals surface area contributed by atoms with E-state index < -0.39 is 0 Å². The molecule has 0 fully saturated rings. The van der Waals surface area contributed by atoms with Crippen LogP contribution < -0.4 is 5.43 Å². The zero-order valence-electron chi connectivity index (χ0n) is 9.14. The highest BCUT2D eigenvalue weighted by Gasteiger charge is 2.07. The summed E-state index contributed by atoms with van der Waals surface area (Å²) in [6.07, 6.45) is 1.74. The van der Waals surface area contributed by atoms with Crippen molar-refractivity contribution in [3.8, 4) is 0 Å². The van der Waals surface area contributed by atoms with Crippen molar-refractivity contribution in [1.82, 2.24) is 0 Å². The van der Waals surface area contributed by atoms with Gasteiger partial charge in [-0.2, -0.15) is 0 Å². The zero-order valence-corrected chi connectivity index (χ0v) is 9.96. The Bertz CT molecular complexity index is 784.